The van der Waals surface area contributed by atoms with Gasteiger partial charge in [0, 0.05) is 23.6 Å². The van der Waals surface area contributed by atoms with Crippen LogP contribution in [-0.2, 0) is 4.74 Å². The first-order chi connectivity index (χ1) is 7.83. The van der Waals surface area contributed by atoms with Crippen LogP contribution in [0.5, 0.6) is 0 Å². The molecule has 90 valence electrons. The van der Waals surface area contributed by atoms with Crippen molar-refractivity contribution in [3.05, 3.63) is 22.4 Å². The molecule has 0 aliphatic heterocycles. The van der Waals surface area contributed by atoms with Crippen LogP contribution in [0, 0.1) is 0 Å². The Bertz CT molecular complexity index is 293. The maximum atomic E-state index is 5.58. The number of rotatable bonds is 6. The third-order valence-corrected chi connectivity index (χ3v) is 4.21. The van der Waals surface area contributed by atoms with E-state index in [1.807, 2.05) is 11.3 Å². The van der Waals surface area contributed by atoms with Crippen LogP contribution in [0.1, 0.15) is 44.0 Å². The van der Waals surface area contributed by atoms with E-state index in [1.54, 1.807) is 0 Å². The second kappa shape index (κ2) is 5.80. The van der Waals surface area contributed by atoms with E-state index < -0.39 is 0 Å². The molecule has 0 spiro atoms. The van der Waals surface area contributed by atoms with E-state index in [1.165, 1.54) is 17.7 Å². The summed E-state index contributed by atoms with van der Waals surface area (Å²) >= 11 is 1.85. The summed E-state index contributed by atoms with van der Waals surface area (Å²) in [7, 11) is 0. The van der Waals surface area contributed by atoms with E-state index in [2.05, 4.69) is 36.7 Å². The van der Waals surface area contributed by atoms with Gasteiger partial charge in [-0.25, -0.2) is 0 Å². The fraction of sp³-hybridized carbons (Fsp3) is 0.692. The van der Waals surface area contributed by atoms with Gasteiger partial charge in [0.1, 0.15) is 0 Å². The van der Waals surface area contributed by atoms with Crippen LogP contribution in [0.25, 0.3) is 0 Å². The van der Waals surface area contributed by atoms with Gasteiger partial charge in [0.15, 0.2) is 0 Å². The highest BCUT2D eigenvalue weighted by Crippen LogP contribution is 2.28. The van der Waals surface area contributed by atoms with Gasteiger partial charge in [-0.3, -0.25) is 0 Å². The summed E-state index contributed by atoms with van der Waals surface area (Å²) in [6.45, 7) is 5.16. The van der Waals surface area contributed by atoms with Crippen molar-refractivity contribution in [1.29, 1.82) is 0 Å². The summed E-state index contributed by atoms with van der Waals surface area (Å²) in [5, 5.41) is 5.88. The summed E-state index contributed by atoms with van der Waals surface area (Å²) in [5.74, 6) is 0. The van der Waals surface area contributed by atoms with Gasteiger partial charge in [-0.05, 0) is 37.6 Å². The molecule has 1 atom stereocenters. The minimum absolute atomic E-state index is 0.503. The fourth-order valence-corrected chi connectivity index (χ4v) is 3.12. The predicted octanol–water partition coefficient (Wildman–Crippen LogP) is 3.36. The molecule has 0 aromatic carbocycles. The molecule has 1 heterocycles. The largest absolute Gasteiger partial charge is 0.378 e. The lowest BCUT2D eigenvalue weighted by Crippen LogP contribution is -2.46. The molecule has 1 N–H and O–H groups in total. The third kappa shape index (κ3) is 2.84. The van der Waals surface area contributed by atoms with Crippen molar-refractivity contribution >= 4 is 11.3 Å². The van der Waals surface area contributed by atoms with Crippen molar-refractivity contribution in [3.8, 4) is 0 Å². The molecule has 1 saturated carbocycles. The van der Waals surface area contributed by atoms with Crippen LogP contribution >= 0.6 is 11.3 Å². The molecule has 1 fully saturated rings. The van der Waals surface area contributed by atoms with Crippen molar-refractivity contribution in [1.82, 2.24) is 5.32 Å². The van der Waals surface area contributed by atoms with Crippen molar-refractivity contribution in [2.24, 2.45) is 0 Å². The molecule has 1 aromatic heterocycles. The summed E-state index contributed by atoms with van der Waals surface area (Å²) in [6, 6.07) is 5.55. The smallest absolute Gasteiger partial charge is 0.0604 e. The average Bonchev–Trinajstić information content (AvgIpc) is 2.74. The first kappa shape index (κ1) is 12.1. The maximum absolute atomic E-state index is 5.58. The Kier molecular flexibility index (Phi) is 4.38. The monoisotopic (exact) mass is 239 g/mol. The molecule has 2 nitrogen and oxygen atoms in total. The number of thiophene rings is 1. The standard InChI is InChI=1S/C13H21NOS/c1-3-12(13-6-5-7-16-13)14-10-8-11(9-10)15-4-2/h5-7,10-12,14H,3-4,8-9H2,1-2H3. The lowest BCUT2D eigenvalue weighted by molar-refractivity contribution is -0.0125. The van der Waals surface area contributed by atoms with Gasteiger partial charge in [0.25, 0.3) is 0 Å². The predicted molar refractivity (Wildman–Crippen MR) is 68.9 cm³/mol. The Morgan fingerprint density at radius 1 is 1.50 bits per heavy atom. The molecule has 0 radical (unpaired) electrons. The molecular weight excluding hydrogens is 218 g/mol. The zero-order valence-electron chi connectivity index (χ0n) is 10.1. The minimum atomic E-state index is 0.503. The fourth-order valence-electron chi connectivity index (χ4n) is 2.25. The zero-order chi connectivity index (χ0) is 11.4. The highest BCUT2D eigenvalue weighted by molar-refractivity contribution is 7.10. The first-order valence-electron chi connectivity index (χ1n) is 6.24. The quantitative estimate of drug-likeness (QED) is 0.822. The topological polar surface area (TPSA) is 21.3 Å². The van der Waals surface area contributed by atoms with E-state index in [0.717, 1.165) is 13.0 Å². The number of nitrogens with one attached hydrogen (secondary N) is 1. The van der Waals surface area contributed by atoms with Crippen LogP contribution in [-0.4, -0.2) is 18.8 Å². The highest BCUT2D eigenvalue weighted by atomic mass is 32.1. The van der Waals surface area contributed by atoms with Gasteiger partial charge in [-0.1, -0.05) is 13.0 Å². The van der Waals surface area contributed by atoms with Gasteiger partial charge in [-0.2, -0.15) is 0 Å². The molecule has 2 rings (SSSR count). The number of hydrogen-bond donors (Lipinski definition) is 1. The lowest BCUT2D eigenvalue weighted by atomic mass is 9.88. The Hall–Kier alpha value is -0.380. The summed E-state index contributed by atoms with van der Waals surface area (Å²) in [6.07, 6.45) is 4.02. The second-order valence-electron chi connectivity index (χ2n) is 4.39. The second-order valence-corrected chi connectivity index (χ2v) is 5.37. The van der Waals surface area contributed by atoms with E-state index in [-0.39, 0.29) is 0 Å². The van der Waals surface area contributed by atoms with Crippen molar-refractivity contribution in [2.75, 3.05) is 6.61 Å². The number of ether oxygens (including phenoxy) is 1. The zero-order valence-corrected chi connectivity index (χ0v) is 10.9. The number of hydrogen-bond acceptors (Lipinski definition) is 3. The van der Waals surface area contributed by atoms with Gasteiger partial charge in [0.05, 0.1) is 6.10 Å². The van der Waals surface area contributed by atoms with Crippen LogP contribution in [0.2, 0.25) is 0 Å². The van der Waals surface area contributed by atoms with Crippen molar-refractivity contribution in [2.45, 2.75) is 51.3 Å². The molecule has 3 heteroatoms. The molecule has 1 aromatic rings. The summed E-state index contributed by atoms with van der Waals surface area (Å²) in [5.41, 5.74) is 0. The third-order valence-electron chi connectivity index (χ3n) is 3.23. The van der Waals surface area contributed by atoms with E-state index in [9.17, 15) is 0 Å². The lowest BCUT2D eigenvalue weighted by Gasteiger charge is -2.37. The van der Waals surface area contributed by atoms with Crippen molar-refractivity contribution < 1.29 is 4.74 Å². The SMILES string of the molecule is CCOC1CC(NC(CC)c2cccs2)C1. The summed E-state index contributed by atoms with van der Waals surface area (Å²) in [4.78, 5) is 1.46. The van der Waals surface area contributed by atoms with Gasteiger partial charge < -0.3 is 10.1 Å². The molecular formula is C13H21NOS. The molecule has 0 bridgehead atoms. The highest BCUT2D eigenvalue weighted by Gasteiger charge is 2.30. The molecule has 16 heavy (non-hydrogen) atoms. The molecule has 1 aliphatic carbocycles. The van der Waals surface area contributed by atoms with Crippen molar-refractivity contribution in [3.63, 3.8) is 0 Å². The normalized spacial score (nSPS) is 26.4. The first-order valence-corrected chi connectivity index (χ1v) is 7.12. The maximum Gasteiger partial charge on any atom is 0.0604 e. The summed E-state index contributed by atoms with van der Waals surface area (Å²) < 4.78 is 5.58. The Morgan fingerprint density at radius 2 is 2.31 bits per heavy atom. The van der Waals surface area contributed by atoms with E-state index in [4.69, 9.17) is 4.74 Å². The van der Waals surface area contributed by atoms with Gasteiger partial charge in [0.2, 0.25) is 0 Å². The van der Waals surface area contributed by atoms with E-state index in [0.29, 0.717) is 18.2 Å². The Morgan fingerprint density at radius 3 is 2.88 bits per heavy atom. The van der Waals surface area contributed by atoms with Crippen LogP contribution < -0.4 is 5.32 Å². The average molecular weight is 239 g/mol. The Labute approximate surface area is 102 Å². The van der Waals surface area contributed by atoms with Crippen LogP contribution in [0.15, 0.2) is 17.5 Å². The molecule has 1 aliphatic rings. The van der Waals surface area contributed by atoms with Gasteiger partial charge in [-0.15, -0.1) is 11.3 Å². The van der Waals surface area contributed by atoms with Crippen LogP contribution in [0.4, 0.5) is 0 Å². The minimum Gasteiger partial charge on any atom is -0.378 e. The molecule has 0 saturated heterocycles. The Balaban J connectivity index is 1.77. The molecule has 1 unspecified atom stereocenters. The van der Waals surface area contributed by atoms with Crippen LogP contribution in [0.3, 0.4) is 0 Å². The van der Waals surface area contributed by atoms with Gasteiger partial charge >= 0.3 is 0 Å². The van der Waals surface area contributed by atoms with E-state index >= 15 is 0 Å². The molecule has 0 amide bonds.